The number of cyclic esters (lactones) is 1. The molecule has 0 aliphatic carbocycles. The monoisotopic (exact) mass is 441 g/mol. The number of hydrogen-bond donors (Lipinski definition) is 0. The summed E-state index contributed by atoms with van der Waals surface area (Å²) in [6, 6.07) is 2.46. The van der Waals surface area contributed by atoms with Gasteiger partial charge in [-0.1, -0.05) is 5.16 Å². The maximum absolute atomic E-state index is 15.6. The SMILES string of the molecule is C[C@@H]1CN(c2c(C=O)cc3c(N4C(=O)OCC4c4ncccn4)noc3c2F)C[C@@H](C)O1. The van der Waals surface area contributed by atoms with Crippen molar-refractivity contribution in [1.82, 2.24) is 15.1 Å². The van der Waals surface area contributed by atoms with Gasteiger partial charge in [0.2, 0.25) is 5.58 Å². The van der Waals surface area contributed by atoms with Crippen LogP contribution in [-0.4, -0.2) is 59.4 Å². The highest BCUT2D eigenvalue weighted by atomic mass is 19.1. The van der Waals surface area contributed by atoms with E-state index in [9.17, 15) is 9.59 Å². The fraction of sp³-hybridized carbons (Fsp3) is 0.381. The Labute approximate surface area is 181 Å². The zero-order chi connectivity index (χ0) is 22.4. The first kappa shape index (κ1) is 20.3. The van der Waals surface area contributed by atoms with Gasteiger partial charge in [-0.05, 0) is 26.0 Å². The highest BCUT2D eigenvalue weighted by molar-refractivity contribution is 6.03. The molecule has 4 heterocycles. The Morgan fingerprint density at radius 1 is 1.19 bits per heavy atom. The van der Waals surface area contributed by atoms with Crippen molar-refractivity contribution in [3.63, 3.8) is 0 Å². The predicted octanol–water partition coefficient (Wildman–Crippen LogP) is 2.88. The molecule has 0 spiro atoms. The van der Waals surface area contributed by atoms with Crippen LogP contribution in [-0.2, 0) is 9.47 Å². The second kappa shape index (κ2) is 7.83. The molecule has 2 saturated heterocycles. The van der Waals surface area contributed by atoms with Gasteiger partial charge in [0.15, 0.2) is 23.7 Å². The van der Waals surface area contributed by atoms with Crippen molar-refractivity contribution in [1.29, 1.82) is 0 Å². The lowest BCUT2D eigenvalue weighted by Crippen LogP contribution is -2.46. The van der Waals surface area contributed by atoms with Crippen LogP contribution in [0.4, 0.5) is 20.7 Å². The largest absolute Gasteiger partial charge is 0.446 e. The Morgan fingerprint density at radius 2 is 1.91 bits per heavy atom. The molecule has 2 aromatic heterocycles. The first-order valence-electron chi connectivity index (χ1n) is 10.2. The number of carbonyl (C=O) groups is 2. The molecule has 5 rings (SSSR count). The van der Waals surface area contributed by atoms with Crippen molar-refractivity contribution >= 4 is 34.9 Å². The van der Waals surface area contributed by atoms with Crippen LogP contribution in [0.3, 0.4) is 0 Å². The van der Waals surface area contributed by atoms with E-state index < -0.39 is 18.0 Å². The van der Waals surface area contributed by atoms with Crippen molar-refractivity contribution in [2.45, 2.75) is 32.1 Å². The molecule has 0 bridgehead atoms. The van der Waals surface area contributed by atoms with Crippen LogP contribution in [0.25, 0.3) is 11.0 Å². The van der Waals surface area contributed by atoms with E-state index in [2.05, 4.69) is 15.1 Å². The third-order valence-corrected chi connectivity index (χ3v) is 5.54. The van der Waals surface area contributed by atoms with E-state index in [0.717, 1.165) is 0 Å². The van der Waals surface area contributed by atoms with Crippen molar-refractivity contribution in [2.75, 3.05) is 29.5 Å². The van der Waals surface area contributed by atoms with Crippen LogP contribution in [0.1, 0.15) is 36.1 Å². The van der Waals surface area contributed by atoms with Crippen LogP contribution >= 0.6 is 0 Å². The lowest BCUT2D eigenvalue weighted by atomic mass is 10.1. The number of aromatic nitrogens is 3. The minimum atomic E-state index is -0.718. The first-order valence-corrected chi connectivity index (χ1v) is 10.2. The second-order valence-electron chi connectivity index (χ2n) is 7.86. The molecule has 1 amide bonds. The number of rotatable bonds is 4. The first-order chi connectivity index (χ1) is 15.5. The van der Waals surface area contributed by atoms with Gasteiger partial charge in [0, 0.05) is 31.0 Å². The van der Waals surface area contributed by atoms with Gasteiger partial charge in [0.25, 0.3) is 0 Å². The molecule has 2 aliphatic heterocycles. The molecule has 1 unspecified atom stereocenters. The zero-order valence-electron chi connectivity index (χ0n) is 17.4. The Hall–Kier alpha value is -3.60. The molecule has 0 radical (unpaired) electrons. The standard InChI is InChI=1S/C21H20FN5O5/c1-11-7-26(8-12(2)31-11)17-13(9-28)6-14-18(16(17)22)32-25-20(14)27-15(10-30-21(27)29)19-23-4-3-5-24-19/h3-6,9,11-12,15H,7-8,10H2,1-2H3/t11-,12-,15?/m1/s1. The van der Waals surface area contributed by atoms with Crippen molar-refractivity contribution in [3.8, 4) is 0 Å². The number of carbonyl (C=O) groups excluding carboxylic acids is 2. The van der Waals surface area contributed by atoms with E-state index in [0.29, 0.717) is 25.2 Å². The van der Waals surface area contributed by atoms with Gasteiger partial charge in [-0.15, -0.1) is 0 Å². The number of hydrogen-bond acceptors (Lipinski definition) is 9. The maximum atomic E-state index is 15.6. The highest BCUT2D eigenvalue weighted by Crippen LogP contribution is 2.40. The van der Waals surface area contributed by atoms with Gasteiger partial charge in [0.05, 0.1) is 23.3 Å². The van der Waals surface area contributed by atoms with Crippen LogP contribution < -0.4 is 9.80 Å². The average Bonchev–Trinajstić information content (AvgIpc) is 3.36. The molecule has 3 aromatic rings. The summed E-state index contributed by atoms with van der Waals surface area (Å²) in [5, 5.41) is 4.13. The minimum Gasteiger partial charge on any atom is -0.446 e. The van der Waals surface area contributed by atoms with Crippen LogP contribution in [0.2, 0.25) is 0 Å². The molecule has 11 heteroatoms. The van der Waals surface area contributed by atoms with Gasteiger partial charge in [-0.2, -0.15) is 0 Å². The van der Waals surface area contributed by atoms with Crippen molar-refractivity contribution in [2.24, 2.45) is 0 Å². The zero-order valence-corrected chi connectivity index (χ0v) is 17.4. The van der Waals surface area contributed by atoms with Gasteiger partial charge in [-0.25, -0.2) is 24.1 Å². The van der Waals surface area contributed by atoms with E-state index in [4.69, 9.17) is 14.0 Å². The molecule has 0 N–H and O–H groups in total. The fourth-order valence-electron chi connectivity index (χ4n) is 4.31. The van der Waals surface area contributed by atoms with Crippen LogP contribution in [0.15, 0.2) is 29.0 Å². The minimum absolute atomic E-state index is 0.00184. The van der Waals surface area contributed by atoms with E-state index in [1.165, 1.54) is 11.0 Å². The summed E-state index contributed by atoms with van der Waals surface area (Å²) in [5.74, 6) is -0.333. The number of nitrogens with zero attached hydrogens (tertiary/aromatic N) is 5. The quantitative estimate of drug-likeness (QED) is 0.564. The summed E-state index contributed by atoms with van der Waals surface area (Å²) < 4.78 is 31.9. The molecular formula is C21H20FN5O5. The molecule has 2 fully saturated rings. The van der Waals surface area contributed by atoms with Gasteiger partial charge >= 0.3 is 6.09 Å². The number of amides is 1. The summed E-state index contributed by atoms with van der Waals surface area (Å²) in [6.07, 6.45) is 2.72. The lowest BCUT2D eigenvalue weighted by molar-refractivity contribution is -0.00543. The van der Waals surface area contributed by atoms with Crippen LogP contribution in [0.5, 0.6) is 0 Å². The van der Waals surface area contributed by atoms with E-state index in [1.807, 2.05) is 13.8 Å². The fourth-order valence-corrected chi connectivity index (χ4v) is 4.31. The van der Waals surface area contributed by atoms with Gasteiger partial charge in [0.1, 0.15) is 12.6 Å². The summed E-state index contributed by atoms with van der Waals surface area (Å²) in [6.45, 7) is 4.61. The normalized spacial score (nSPS) is 23.6. The molecular weight excluding hydrogens is 421 g/mol. The summed E-state index contributed by atoms with van der Waals surface area (Å²) in [7, 11) is 0. The maximum Gasteiger partial charge on any atom is 0.416 e. The second-order valence-corrected chi connectivity index (χ2v) is 7.86. The summed E-state index contributed by atoms with van der Waals surface area (Å²) in [5.41, 5.74) is 0.102. The average molecular weight is 441 g/mol. The Kier molecular flexibility index (Phi) is 4.97. The number of morpholine rings is 1. The van der Waals surface area contributed by atoms with Gasteiger partial charge < -0.3 is 18.9 Å². The number of halogens is 1. The molecule has 3 atom stereocenters. The molecule has 32 heavy (non-hydrogen) atoms. The van der Waals surface area contributed by atoms with E-state index in [1.54, 1.807) is 23.4 Å². The lowest BCUT2D eigenvalue weighted by Gasteiger charge is -2.37. The molecule has 0 saturated carbocycles. The molecule has 166 valence electrons. The van der Waals surface area contributed by atoms with Gasteiger partial charge in [-0.3, -0.25) is 4.79 Å². The topological polar surface area (TPSA) is 111 Å². The Morgan fingerprint density at radius 3 is 2.59 bits per heavy atom. The molecule has 2 aliphatic rings. The van der Waals surface area contributed by atoms with E-state index in [-0.39, 0.29) is 46.9 Å². The number of fused-ring (bicyclic) bond motifs is 1. The van der Waals surface area contributed by atoms with Crippen molar-refractivity contribution < 1.29 is 28.0 Å². The number of anilines is 2. The molecule has 10 nitrogen and oxygen atoms in total. The van der Waals surface area contributed by atoms with Crippen LogP contribution in [0, 0.1) is 5.82 Å². The highest BCUT2D eigenvalue weighted by Gasteiger charge is 2.41. The number of aldehydes is 1. The Balaban J connectivity index is 1.62. The molecule has 1 aromatic carbocycles. The summed E-state index contributed by atoms with van der Waals surface area (Å²) >= 11 is 0. The third kappa shape index (κ3) is 3.25. The van der Waals surface area contributed by atoms with Crippen molar-refractivity contribution in [3.05, 3.63) is 41.7 Å². The predicted molar refractivity (Wildman–Crippen MR) is 110 cm³/mol. The number of ether oxygens (including phenoxy) is 2. The van der Waals surface area contributed by atoms with E-state index >= 15 is 4.39 Å². The number of benzene rings is 1. The summed E-state index contributed by atoms with van der Waals surface area (Å²) in [4.78, 5) is 35.8. The smallest absolute Gasteiger partial charge is 0.416 e. The third-order valence-electron chi connectivity index (χ3n) is 5.54. The Bertz CT molecular complexity index is 1180.